The Bertz CT molecular complexity index is 409. The van der Waals surface area contributed by atoms with Crippen molar-refractivity contribution in [3.63, 3.8) is 0 Å². The van der Waals surface area contributed by atoms with Crippen molar-refractivity contribution in [3.8, 4) is 5.75 Å². The largest absolute Gasteiger partial charge is 0.494 e. The van der Waals surface area contributed by atoms with E-state index < -0.39 is 0 Å². The van der Waals surface area contributed by atoms with Crippen molar-refractivity contribution in [2.45, 2.75) is 26.2 Å². The normalized spacial score (nSPS) is 16.2. The average Bonchev–Trinajstić information content (AvgIpc) is 2.31. The summed E-state index contributed by atoms with van der Waals surface area (Å²) in [5.41, 5.74) is 0.628. The zero-order valence-corrected chi connectivity index (χ0v) is 9.81. The summed E-state index contributed by atoms with van der Waals surface area (Å²) in [7, 11) is 0. The van der Waals surface area contributed by atoms with E-state index in [0.717, 1.165) is 5.75 Å². The first-order chi connectivity index (χ1) is 8.22. The molecule has 1 saturated heterocycles. The average molecular weight is 233 g/mol. The van der Waals surface area contributed by atoms with Gasteiger partial charge >= 0.3 is 0 Å². The molecule has 1 aromatic carbocycles. The lowest BCUT2D eigenvalue weighted by molar-refractivity contribution is -0.129. The molecule has 0 spiro atoms. The molecule has 2 rings (SSSR count). The molecule has 0 N–H and O–H groups in total. The van der Waals surface area contributed by atoms with E-state index in [9.17, 15) is 9.59 Å². The van der Waals surface area contributed by atoms with Crippen molar-refractivity contribution < 1.29 is 14.3 Å². The number of anilines is 1. The van der Waals surface area contributed by atoms with Crippen molar-refractivity contribution in [2.24, 2.45) is 0 Å². The lowest BCUT2D eigenvalue weighted by Crippen LogP contribution is -2.40. The molecule has 0 bridgehead atoms. The van der Waals surface area contributed by atoms with E-state index in [1.165, 1.54) is 4.90 Å². The Morgan fingerprint density at radius 2 is 1.71 bits per heavy atom. The molecule has 1 aliphatic heterocycles. The summed E-state index contributed by atoms with van der Waals surface area (Å²) >= 11 is 0. The number of amides is 2. The number of carbonyl (C=O) groups is 2. The molecule has 17 heavy (non-hydrogen) atoms. The summed E-state index contributed by atoms with van der Waals surface area (Å²) in [6.45, 7) is 2.51. The standard InChI is InChI=1S/C13H15NO3/c1-2-17-11-8-6-10(7-9-11)14-12(15)4-3-5-13(14)16/h6-9H,2-5H2,1H3. The van der Waals surface area contributed by atoms with E-state index in [2.05, 4.69) is 0 Å². The maximum Gasteiger partial charge on any atom is 0.233 e. The van der Waals surface area contributed by atoms with Crippen LogP contribution in [0.15, 0.2) is 24.3 Å². The smallest absolute Gasteiger partial charge is 0.233 e. The van der Waals surface area contributed by atoms with Crippen molar-refractivity contribution >= 4 is 17.5 Å². The first-order valence-corrected chi connectivity index (χ1v) is 5.81. The number of rotatable bonds is 3. The molecule has 0 aromatic heterocycles. The van der Waals surface area contributed by atoms with Gasteiger partial charge in [-0.25, -0.2) is 0 Å². The quantitative estimate of drug-likeness (QED) is 0.751. The van der Waals surface area contributed by atoms with Crippen LogP contribution in [0.5, 0.6) is 5.75 Å². The zero-order chi connectivity index (χ0) is 12.3. The van der Waals surface area contributed by atoms with Crippen molar-refractivity contribution in [1.82, 2.24) is 0 Å². The third-order valence-corrected chi connectivity index (χ3v) is 2.69. The minimum absolute atomic E-state index is 0.120. The molecule has 90 valence electrons. The molecule has 0 radical (unpaired) electrons. The van der Waals surface area contributed by atoms with E-state index in [4.69, 9.17) is 4.74 Å². The second-order valence-corrected chi connectivity index (χ2v) is 3.90. The molecule has 1 aliphatic rings. The van der Waals surface area contributed by atoms with Gasteiger partial charge < -0.3 is 4.74 Å². The zero-order valence-electron chi connectivity index (χ0n) is 9.81. The fourth-order valence-corrected chi connectivity index (χ4v) is 1.90. The molecule has 4 heteroatoms. The van der Waals surface area contributed by atoms with E-state index >= 15 is 0 Å². The summed E-state index contributed by atoms with van der Waals surface area (Å²) in [6, 6.07) is 7.03. The van der Waals surface area contributed by atoms with Crippen LogP contribution in [-0.4, -0.2) is 18.4 Å². The Hall–Kier alpha value is -1.84. The van der Waals surface area contributed by atoms with Gasteiger partial charge in [0.2, 0.25) is 11.8 Å². The van der Waals surface area contributed by atoms with Crippen LogP contribution in [0.4, 0.5) is 5.69 Å². The second-order valence-electron chi connectivity index (χ2n) is 3.90. The van der Waals surface area contributed by atoms with E-state index in [1.807, 2.05) is 6.92 Å². The summed E-state index contributed by atoms with van der Waals surface area (Å²) in [4.78, 5) is 24.6. The lowest BCUT2D eigenvalue weighted by Gasteiger charge is -2.24. The van der Waals surface area contributed by atoms with E-state index in [0.29, 0.717) is 31.6 Å². The molecule has 0 unspecified atom stereocenters. The van der Waals surface area contributed by atoms with Gasteiger partial charge in [0.25, 0.3) is 0 Å². The minimum atomic E-state index is -0.120. The maximum atomic E-state index is 11.7. The molecule has 4 nitrogen and oxygen atoms in total. The first-order valence-electron chi connectivity index (χ1n) is 5.81. The fourth-order valence-electron chi connectivity index (χ4n) is 1.90. The van der Waals surface area contributed by atoms with Gasteiger partial charge in [0.1, 0.15) is 5.75 Å². The van der Waals surface area contributed by atoms with Crippen LogP contribution in [-0.2, 0) is 9.59 Å². The van der Waals surface area contributed by atoms with Crippen molar-refractivity contribution in [3.05, 3.63) is 24.3 Å². The minimum Gasteiger partial charge on any atom is -0.494 e. The number of hydrogen-bond donors (Lipinski definition) is 0. The maximum absolute atomic E-state index is 11.7. The van der Waals surface area contributed by atoms with Crippen LogP contribution < -0.4 is 9.64 Å². The fraction of sp³-hybridized carbons (Fsp3) is 0.385. The van der Waals surface area contributed by atoms with Crippen LogP contribution in [0.2, 0.25) is 0 Å². The second kappa shape index (κ2) is 4.99. The number of hydrogen-bond acceptors (Lipinski definition) is 3. The first kappa shape index (κ1) is 11.6. The molecule has 0 aliphatic carbocycles. The number of imide groups is 1. The van der Waals surface area contributed by atoms with Gasteiger partial charge in [0, 0.05) is 12.8 Å². The van der Waals surface area contributed by atoms with Crippen LogP contribution >= 0.6 is 0 Å². The Morgan fingerprint density at radius 3 is 2.24 bits per heavy atom. The Labute approximate surface area is 100 Å². The highest BCUT2D eigenvalue weighted by Crippen LogP contribution is 2.24. The summed E-state index contributed by atoms with van der Waals surface area (Å²) in [5.74, 6) is 0.504. The summed E-state index contributed by atoms with van der Waals surface area (Å²) in [6.07, 6.45) is 1.54. The van der Waals surface area contributed by atoms with Gasteiger partial charge in [-0.2, -0.15) is 0 Å². The van der Waals surface area contributed by atoms with Gasteiger partial charge in [-0.15, -0.1) is 0 Å². The summed E-state index contributed by atoms with van der Waals surface area (Å²) < 4.78 is 5.31. The number of carbonyl (C=O) groups excluding carboxylic acids is 2. The Balaban J connectivity index is 2.20. The third-order valence-electron chi connectivity index (χ3n) is 2.69. The number of nitrogens with zero attached hydrogens (tertiary/aromatic N) is 1. The van der Waals surface area contributed by atoms with Gasteiger partial charge in [0.05, 0.1) is 12.3 Å². The lowest BCUT2D eigenvalue weighted by atomic mass is 10.1. The molecule has 1 fully saturated rings. The van der Waals surface area contributed by atoms with Gasteiger partial charge in [-0.05, 0) is 37.6 Å². The monoisotopic (exact) mass is 233 g/mol. The van der Waals surface area contributed by atoms with Gasteiger partial charge in [0.15, 0.2) is 0 Å². The van der Waals surface area contributed by atoms with Crippen molar-refractivity contribution in [1.29, 1.82) is 0 Å². The number of ether oxygens (including phenoxy) is 1. The van der Waals surface area contributed by atoms with Crippen LogP contribution in [0, 0.1) is 0 Å². The number of benzene rings is 1. The highest BCUT2D eigenvalue weighted by atomic mass is 16.5. The Morgan fingerprint density at radius 1 is 1.12 bits per heavy atom. The molecular weight excluding hydrogens is 218 g/mol. The topological polar surface area (TPSA) is 46.6 Å². The van der Waals surface area contributed by atoms with Crippen molar-refractivity contribution in [2.75, 3.05) is 11.5 Å². The highest BCUT2D eigenvalue weighted by Gasteiger charge is 2.27. The van der Waals surface area contributed by atoms with Gasteiger partial charge in [-0.1, -0.05) is 0 Å². The highest BCUT2D eigenvalue weighted by molar-refractivity contribution is 6.16. The van der Waals surface area contributed by atoms with Gasteiger partial charge in [-0.3, -0.25) is 14.5 Å². The predicted octanol–water partition coefficient (Wildman–Crippen LogP) is 2.13. The van der Waals surface area contributed by atoms with Crippen LogP contribution in [0.1, 0.15) is 26.2 Å². The van der Waals surface area contributed by atoms with Crippen LogP contribution in [0.25, 0.3) is 0 Å². The molecule has 1 aromatic rings. The molecule has 1 heterocycles. The molecule has 0 atom stereocenters. The number of piperidine rings is 1. The van der Waals surface area contributed by atoms with Crippen LogP contribution in [0.3, 0.4) is 0 Å². The third kappa shape index (κ3) is 2.46. The SMILES string of the molecule is CCOc1ccc(N2C(=O)CCCC2=O)cc1. The predicted molar refractivity (Wildman–Crippen MR) is 64.0 cm³/mol. The molecular formula is C13H15NO3. The van der Waals surface area contributed by atoms with E-state index in [1.54, 1.807) is 24.3 Å². The summed E-state index contributed by atoms with van der Waals surface area (Å²) in [5, 5.41) is 0. The molecule has 0 saturated carbocycles. The van der Waals surface area contributed by atoms with E-state index in [-0.39, 0.29) is 11.8 Å². The Kier molecular flexibility index (Phi) is 3.42. The molecule has 2 amide bonds.